The number of hydrogen-bond donors (Lipinski definition) is 0. The second-order valence-electron chi connectivity index (χ2n) is 9.30. The molecule has 2 fully saturated rings. The molecular formula is C26H33F3N4OS. The zero-order chi connectivity index (χ0) is 24.9. The summed E-state index contributed by atoms with van der Waals surface area (Å²) in [7, 11) is 0. The van der Waals surface area contributed by atoms with Crippen LogP contribution in [-0.2, 0) is 17.5 Å². The van der Waals surface area contributed by atoms with E-state index >= 15 is 0 Å². The van der Waals surface area contributed by atoms with Gasteiger partial charge in [-0.05, 0) is 42.0 Å². The van der Waals surface area contributed by atoms with Crippen molar-refractivity contribution >= 4 is 23.5 Å². The predicted octanol–water partition coefficient (Wildman–Crippen LogP) is 4.93. The molecule has 9 heteroatoms. The molecule has 0 aliphatic carbocycles. The van der Waals surface area contributed by atoms with E-state index in [0.29, 0.717) is 6.54 Å². The zero-order valence-corrected chi connectivity index (χ0v) is 21.0. The van der Waals surface area contributed by atoms with Crippen LogP contribution in [0.25, 0.3) is 0 Å². The molecule has 2 aliphatic rings. The molecule has 1 aromatic carbocycles. The second kappa shape index (κ2) is 11.3. The second-order valence-corrected chi connectivity index (χ2v) is 10.5. The lowest BCUT2D eigenvalue weighted by atomic mass is 9.88. The molecule has 190 valence electrons. The molecule has 2 aliphatic heterocycles. The number of anilines is 1. The quantitative estimate of drug-likeness (QED) is 0.533. The largest absolute Gasteiger partial charge is 0.433 e. The highest BCUT2D eigenvalue weighted by molar-refractivity contribution is 7.99. The van der Waals surface area contributed by atoms with Gasteiger partial charge in [-0.25, -0.2) is 4.98 Å². The molecule has 0 saturated carbocycles. The first kappa shape index (κ1) is 26.0. The maximum absolute atomic E-state index is 13.4. The zero-order valence-electron chi connectivity index (χ0n) is 20.1. The average molecular weight is 507 g/mol. The normalized spacial score (nSPS) is 19.4. The maximum atomic E-state index is 13.4. The van der Waals surface area contributed by atoms with E-state index in [1.54, 1.807) is 6.92 Å². The molecule has 4 rings (SSSR count). The summed E-state index contributed by atoms with van der Waals surface area (Å²) < 4.78 is 40.1. The Balaban J connectivity index is 1.53. The number of carbonyl (C=O) groups excluding carboxylic acids is 1. The molecule has 1 aromatic heterocycles. The fraction of sp³-hybridized carbons (Fsp3) is 0.538. The van der Waals surface area contributed by atoms with Crippen LogP contribution >= 0.6 is 11.8 Å². The van der Waals surface area contributed by atoms with Crippen LogP contribution in [0, 0.1) is 0 Å². The van der Waals surface area contributed by atoms with Crippen LogP contribution in [0.1, 0.15) is 37.4 Å². The third-order valence-electron chi connectivity index (χ3n) is 7.07. The van der Waals surface area contributed by atoms with Crippen molar-refractivity contribution in [2.24, 2.45) is 0 Å². The minimum absolute atomic E-state index is 0.0898. The number of thioether (sulfide) groups is 1. The SMILES string of the molecule is CCC(=O)N(CC1(N2CCN(Cc3ccccc3)CC2)CCSCC1)c1cccc(C(F)(F)F)n1. The van der Waals surface area contributed by atoms with E-state index in [1.807, 2.05) is 17.8 Å². The lowest BCUT2D eigenvalue weighted by Crippen LogP contribution is -2.63. The number of halogens is 3. The lowest BCUT2D eigenvalue weighted by Gasteiger charge is -2.51. The van der Waals surface area contributed by atoms with Crippen LogP contribution in [0.15, 0.2) is 48.5 Å². The van der Waals surface area contributed by atoms with Gasteiger partial charge in [-0.3, -0.25) is 19.5 Å². The molecule has 2 aromatic rings. The molecule has 0 atom stereocenters. The van der Waals surface area contributed by atoms with Gasteiger partial charge in [0.2, 0.25) is 5.91 Å². The third-order valence-corrected chi connectivity index (χ3v) is 8.06. The number of carbonyl (C=O) groups is 1. The van der Waals surface area contributed by atoms with Crippen molar-refractivity contribution in [3.8, 4) is 0 Å². The molecular weight excluding hydrogens is 473 g/mol. The minimum atomic E-state index is -4.55. The smallest absolute Gasteiger partial charge is 0.297 e. The van der Waals surface area contributed by atoms with Gasteiger partial charge in [0.15, 0.2) is 0 Å². The van der Waals surface area contributed by atoms with E-state index in [2.05, 4.69) is 39.0 Å². The van der Waals surface area contributed by atoms with Gasteiger partial charge in [-0.15, -0.1) is 0 Å². The fourth-order valence-corrected chi connectivity index (χ4v) is 6.31. The van der Waals surface area contributed by atoms with Gasteiger partial charge < -0.3 is 0 Å². The summed E-state index contributed by atoms with van der Waals surface area (Å²) in [6, 6.07) is 14.2. The number of rotatable bonds is 7. The molecule has 0 unspecified atom stereocenters. The fourth-order valence-electron chi connectivity index (χ4n) is 5.06. The van der Waals surface area contributed by atoms with Gasteiger partial charge in [0.1, 0.15) is 11.5 Å². The van der Waals surface area contributed by atoms with Crippen molar-refractivity contribution in [2.75, 3.05) is 49.1 Å². The molecule has 35 heavy (non-hydrogen) atoms. The number of nitrogens with zero attached hydrogens (tertiary/aromatic N) is 4. The summed E-state index contributed by atoms with van der Waals surface area (Å²) in [6.07, 6.45) is -2.52. The Labute approximate surface area is 209 Å². The minimum Gasteiger partial charge on any atom is -0.297 e. The highest BCUT2D eigenvalue weighted by atomic mass is 32.2. The van der Waals surface area contributed by atoms with Crippen LogP contribution in [0.5, 0.6) is 0 Å². The van der Waals surface area contributed by atoms with E-state index < -0.39 is 11.9 Å². The van der Waals surface area contributed by atoms with Crippen LogP contribution in [-0.4, -0.2) is 70.5 Å². The van der Waals surface area contributed by atoms with Gasteiger partial charge in [-0.1, -0.05) is 43.3 Å². The Morgan fingerprint density at radius 2 is 1.71 bits per heavy atom. The number of amides is 1. The van der Waals surface area contributed by atoms with Gasteiger partial charge in [0.25, 0.3) is 0 Å². The van der Waals surface area contributed by atoms with Gasteiger partial charge >= 0.3 is 6.18 Å². The monoisotopic (exact) mass is 506 g/mol. The predicted molar refractivity (Wildman–Crippen MR) is 134 cm³/mol. The Hall–Kier alpha value is -2.10. The van der Waals surface area contributed by atoms with Crippen LogP contribution in [0.3, 0.4) is 0 Å². The summed E-state index contributed by atoms with van der Waals surface area (Å²) in [4.78, 5) is 23.3. The molecule has 5 nitrogen and oxygen atoms in total. The van der Waals surface area contributed by atoms with E-state index in [0.717, 1.165) is 63.1 Å². The first-order chi connectivity index (χ1) is 16.8. The molecule has 2 saturated heterocycles. The molecule has 0 radical (unpaired) electrons. The van der Waals surface area contributed by atoms with E-state index in [1.165, 1.54) is 22.6 Å². The average Bonchev–Trinajstić information content (AvgIpc) is 2.88. The number of benzene rings is 1. The van der Waals surface area contributed by atoms with Gasteiger partial charge in [0.05, 0.1) is 0 Å². The van der Waals surface area contributed by atoms with Crippen molar-refractivity contribution in [1.29, 1.82) is 0 Å². The summed E-state index contributed by atoms with van der Waals surface area (Å²) in [5.74, 6) is 1.85. The topological polar surface area (TPSA) is 39.7 Å². The van der Waals surface area contributed by atoms with Crippen LogP contribution < -0.4 is 4.90 Å². The lowest BCUT2D eigenvalue weighted by molar-refractivity contribution is -0.141. The maximum Gasteiger partial charge on any atom is 0.433 e. The number of hydrogen-bond acceptors (Lipinski definition) is 5. The Morgan fingerprint density at radius 3 is 2.34 bits per heavy atom. The number of aromatic nitrogens is 1. The van der Waals surface area contributed by atoms with Crippen LogP contribution in [0.4, 0.5) is 19.0 Å². The van der Waals surface area contributed by atoms with Crippen molar-refractivity contribution in [1.82, 2.24) is 14.8 Å². The van der Waals surface area contributed by atoms with Crippen molar-refractivity contribution in [2.45, 2.75) is 44.4 Å². The van der Waals surface area contributed by atoms with Crippen LogP contribution in [0.2, 0.25) is 0 Å². The highest BCUT2D eigenvalue weighted by Gasteiger charge is 2.42. The first-order valence-corrected chi connectivity index (χ1v) is 13.4. The third kappa shape index (κ3) is 6.37. The highest BCUT2D eigenvalue weighted by Crippen LogP contribution is 2.36. The Morgan fingerprint density at radius 1 is 1.03 bits per heavy atom. The van der Waals surface area contributed by atoms with Crippen molar-refractivity contribution < 1.29 is 18.0 Å². The van der Waals surface area contributed by atoms with Gasteiger partial charge in [0, 0.05) is 51.2 Å². The molecule has 0 bridgehead atoms. The Kier molecular flexibility index (Phi) is 8.39. The van der Waals surface area contributed by atoms with Gasteiger partial charge in [-0.2, -0.15) is 24.9 Å². The molecule has 0 N–H and O–H groups in total. The Bertz CT molecular complexity index is 974. The van der Waals surface area contributed by atoms with E-state index in [9.17, 15) is 18.0 Å². The van der Waals surface area contributed by atoms with Crippen molar-refractivity contribution in [3.63, 3.8) is 0 Å². The van der Waals surface area contributed by atoms with E-state index in [4.69, 9.17) is 0 Å². The molecule has 3 heterocycles. The number of piperazine rings is 1. The number of alkyl halides is 3. The number of pyridine rings is 1. The first-order valence-electron chi connectivity index (χ1n) is 12.2. The summed E-state index contributed by atoms with van der Waals surface area (Å²) in [5, 5.41) is 0. The van der Waals surface area contributed by atoms with Crippen molar-refractivity contribution in [3.05, 3.63) is 59.8 Å². The molecule has 0 spiro atoms. The standard InChI is InChI=1S/C26H33F3N4OS/c1-2-24(34)33(23-10-6-9-22(30-23)26(27,28)29)20-25(11-17-35-18-12-25)32-15-13-31(14-16-32)19-21-7-4-3-5-8-21/h3-10H,2,11-20H2,1H3. The summed E-state index contributed by atoms with van der Waals surface area (Å²) >= 11 is 1.90. The summed E-state index contributed by atoms with van der Waals surface area (Å²) in [6.45, 7) is 6.62. The summed E-state index contributed by atoms with van der Waals surface area (Å²) in [5.41, 5.74) is 0.0666. The van der Waals surface area contributed by atoms with E-state index in [-0.39, 0.29) is 23.7 Å². The molecule has 1 amide bonds.